The second-order valence-electron chi connectivity index (χ2n) is 5.27. The number of rotatable bonds is 4. The molecule has 2 rings (SSSR count). The van der Waals surface area contributed by atoms with E-state index in [1.54, 1.807) is 12.1 Å². The van der Waals surface area contributed by atoms with Crippen molar-refractivity contribution >= 4 is 11.6 Å². The van der Waals surface area contributed by atoms with Crippen LogP contribution in [0.15, 0.2) is 18.2 Å². The average molecular weight is 285 g/mol. The quantitative estimate of drug-likeness (QED) is 0.915. The minimum atomic E-state index is -0.249. The SMILES string of the molecule is CCC1CCN(C(CN)c2c(F)cccc2Cl)CC1. The number of nitrogens with zero attached hydrogens (tertiary/aromatic N) is 1. The monoisotopic (exact) mass is 284 g/mol. The van der Waals surface area contributed by atoms with Crippen LogP contribution >= 0.6 is 11.6 Å². The van der Waals surface area contributed by atoms with E-state index in [4.69, 9.17) is 17.3 Å². The van der Waals surface area contributed by atoms with Crippen LogP contribution in [0.5, 0.6) is 0 Å². The molecule has 0 spiro atoms. The lowest BCUT2D eigenvalue weighted by Gasteiger charge is -2.37. The highest BCUT2D eigenvalue weighted by Gasteiger charge is 2.27. The van der Waals surface area contributed by atoms with E-state index in [9.17, 15) is 4.39 Å². The molecule has 0 saturated carbocycles. The molecule has 1 heterocycles. The number of benzene rings is 1. The molecule has 1 aromatic carbocycles. The van der Waals surface area contributed by atoms with Gasteiger partial charge < -0.3 is 5.73 Å². The molecule has 1 fully saturated rings. The van der Waals surface area contributed by atoms with E-state index in [1.807, 2.05) is 0 Å². The number of piperidine rings is 1. The van der Waals surface area contributed by atoms with Gasteiger partial charge in [0.1, 0.15) is 5.82 Å². The third-order valence-corrected chi connectivity index (χ3v) is 4.55. The second-order valence-corrected chi connectivity index (χ2v) is 5.68. The number of nitrogens with two attached hydrogens (primary N) is 1. The van der Waals surface area contributed by atoms with E-state index in [0.717, 1.165) is 19.0 Å². The average Bonchev–Trinajstić information content (AvgIpc) is 2.43. The van der Waals surface area contributed by atoms with Gasteiger partial charge in [0, 0.05) is 17.1 Å². The largest absolute Gasteiger partial charge is 0.329 e. The van der Waals surface area contributed by atoms with E-state index in [2.05, 4.69) is 11.8 Å². The van der Waals surface area contributed by atoms with Gasteiger partial charge in [-0.15, -0.1) is 0 Å². The molecule has 1 aliphatic rings. The highest BCUT2D eigenvalue weighted by Crippen LogP contribution is 2.32. The number of hydrogen-bond acceptors (Lipinski definition) is 2. The topological polar surface area (TPSA) is 29.3 Å². The molecular formula is C15H22ClFN2. The third kappa shape index (κ3) is 3.28. The molecule has 1 aromatic rings. The highest BCUT2D eigenvalue weighted by atomic mass is 35.5. The lowest BCUT2D eigenvalue weighted by atomic mass is 9.92. The van der Waals surface area contributed by atoms with E-state index >= 15 is 0 Å². The maximum absolute atomic E-state index is 14.0. The van der Waals surface area contributed by atoms with Gasteiger partial charge in [0.05, 0.1) is 6.04 Å². The van der Waals surface area contributed by atoms with E-state index < -0.39 is 0 Å². The molecule has 0 aromatic heterocycles. The predicted molar refractivity (Wildman–Crippen MR) is 77.8 cm³/mol. The van der Waals surface area contributed by atoms with Crippen LogP contribution in [0.4, 0.5) is 4.39 Å². The molecule has 106 valence electrons. The van der Waals surface area contributed by atoms with Gasteiger partial charge in [-0.1, -0.05) is 31.0 Å². The predicted octanol–water partition coefficient (Wildman–Crippen LogP) is 3.60. The summed E-state index contributed by atoms with van der Waals surface area (Å²) in [5, 5.41) is 0.480. The summed E-state index contributed by atoms with van der Waals surface area (Å²) in [7, 11) is 0. The lowest BCUT2D eigenvalue weighted by Crippen LogP contribution is -2.40. The molecule has 1 unspecified atom stereocenters. The van der Waals surface area contributed by atoms with E-state index in [-0.39, 0.29) is 11.9 Å². The first-order valence-electron chi connectivity index (χ1n) is 7.05. The molecule has 2 nitrogen and oxygen atoms in total. The fourth-order valence-electron chi connectivity index (χ4n) is 2.95. The fourth-order valence-corrected chi connectivity index (χ4v) is 3.24. The summed E-state index contributed by atoms with van der Waals surface area (Å²) in [5.41, 5.74) is 6.43. The van der Waals surface area contributed by atoms with Crippen molar-refractivity contribution in [2.45, 2.75) is 32.2 Å². The van der Waals surface area contributed by atoms with E-state index in [0.29, 0.717) is 17.1 Å². The van der Waals surface area contributed by atoms with Crippen molar-refractivity contribution in [1.82, 2.24) is 4.90 Å². The summed E-state index contributed by atoms with van der Waals surface area (Å²) < 4.78 is 14.0. The zero-order valence-corrected chi connectivity index (χ0v) is 12.2. The molecule has 1 aliphatic heterocycles. The molecule has 19 heavy (non-hydrogen) atoms. The highest BCUT2D eigenvalue weighted by molar-refractivity contribution is 6.31. The molecule has 1 saturated heterocycles. The summed E-state index contributed by atoms with van der Waals surface area (Å²) in [4.78, 5) is 2.27. The molecule has 0 amide bonds. The lowest BCUT2D eigenvalue weighted by molar-refractivity contribution is 0.132. The van der Waals surface area contributed by atoms with Crippen LogP contribution in [0.3, 0.4) is 0 Å². The van der Waals surface area contributed by atoms with E-state index in [1.165, 1.54) is 25.3 Å². The summed E-state index contributed by atoms with van der Waals surface area (Å²) in [5.74, 6) is 0.548. The fraction of sp³-hybridized carbons (Fsp3) is 0.600. The maximum atomic E-state index is 14.0. The Morgan fingerprint density at radius 1 is 1.42 bits per heavy atom. The maximum Gasteiger partial charge on any atom is 0.129 e. The molecule has 2 N–H and O–H groups in total. The van der Waals surface area contributed by atoms with Crippen molar-refractivity contribution in [3.8, 4) is 0 Å². The van der Waals surface area contributed by atoms with Crippen LogP contribution in [0, 0.1) is 11.7 Å². The zero-order valence-electron chi connectivity index (χ0n) is 11.4. The minimum Gasteiger partial charge on any atom is -0.329 e. The van der Waals surface area contributed by atoms with Crippen LogP contribution in [0.1, 0.15) is 37.8 Å². The Kier molecular flexibility index (Phi) is 5.20. The Labute approximate surface area is 119 Å². The van der Waals surface area contributed by atoms with Gasteiger partial charge in [-0.25, -0.2) is 4.39 Å². The molecule has 0 aliphatic carbocycles. The Balaban J connectivity index is 2.17. The van der Waals surface area contributed by atoms with Gasteiger partial charge in [-0.2, -0.15) is 0 Å². The van der Waals surface area contributed by atoms with Crippen molar-refractivity contribution < 1.29 is 4.39 Å². The summed E-state index contributed by atoms with van der Waals surface area (Å²) in [6, 6.07) is 4.73. The molecule has 0 bridgehead atoms. The van der Waals surface area contributed by atoms with Crippen LogP contribution in [0.25, 0.3) is 0 Å². The van der Waals surface area contributed by atoms with Gasteiger partial charge in [0.15, 0.2) is 0 Å². The van der Waals surface area contributed by atoms with Crippen molar-refractivity contribution in [3.63, 3.8) is 0 Å². The summed E-state index contributed by atoms with van der Waals surface area (Å²) in [6.07, 6.45) is 3.56. The summed E-state index contributed by atoms with van der Waals surface area (Å²) in [6.45, 7) is 4.59. The summed E-state index contributed by atoms with van der Waals surface area (Å²) >= 11 is 6.16. The smallest absolute Gasteiger partial charge is 0.129 e. The van der Waals surface area contributed by atoms with Gasteiger partial charge in [-0.3, -0.25) is 4.90 Å². The normalized spacial score (nSPS) is 19.6. The second kappa shape index (κ2) is 6.69. The van der Waals surface area contributed by atoms with Gasteiger partial charge >= 0.3 is 0 Å². The molecular weight excluding hydrogens is 263 g/mol. The molecule has 1 atom stereocenters. The first kappa shape index (κ1) is 14.8. The van der Waals surface area contributed by atoms with Crippen LogP contribution in [-0.2, 0) is 0 Å². The Morgan fingerprint density at radius 3 is 2.63 bits per heavy atom. The van der Waals surface area contributed by atoms with Gasteiger partial charge in [0.25, 0.3) is 0 Å². The molecule has 4 heteroatoms. The third-order valence-electron chi connectivity index (χ3n) is 4.22. The first-order chi connectivity index (χ1) is 9.17. The Morgan fingerprint density at radius 2 is 2.11 bits per heavy atom. The minimum absolute atomic E-state index is 0.105. The zero-order chi connectivity index (χ0) is 13.8. The van der Waals surface area contributed by atoms with Crippen LogP contribution < -0.4 is 5.73 Å². The van der Waals surface area contributed by atoms with Crippen LogP contribution in [-0.4, -0.2) is 24.5 Å². The number of halogens is 2. The number of hydrogen-bond donors (Lipinski definition) is 1. The van der Waals surface area contributed by atoms with Crippen molar-refractivity contribution in [3.05, 3.63) is 34.6 Å². The number of likely N-dealkylation sites (tertiary alicyclic amines) is 1. The Hall–Kier alpha value is -0.640. The first-order valence-corrected chi connectivity index (χ1v) is 7.43. The van der Waals surface area contributed by atoms with Crippen molar-refractivity contribution in [2.24, 2.45) is 11.7 Å². The Bertz CT molecular complexity index is 396. The van der Waals surface area contributed by atoms with Crippen molar-refractivity contribution in [2.75, 3.05) is 19.6 Å². The standard InChI is InChI=1S/C15H22ClFN2/c1-2-11-6-8-19(9-7-11)14(10-18)15-12(16)4-3-5-13(15)17/h3-5,11,14H,2,6-10,18H2,1H3. The van der Waals surface area contributed by atoms with Gasteiger partial charge in [0.2, 0.25) is 0 Å². The van der Waals surface area contributed by atoms with Crippen LogP contribution in [0.2, 0.25) is 5.02 Å². The van der Waals surface area contributed by atoms with Gasteiger partial charge in [-0.05, 0) is 44.0 Å². The van der Waals surface area contributed by atoms with Crippen molar-refractivity contribution in [1.29, 1.82) is 0 Å². The molecule has 0 radical (unpaired) electrons.